The van der Waals surface area contributed by atoms with Crippen LogP contribution >= 0.6 is 22.9 Å². The molecule has 25 heavy (non-hydrogen) atoms. The predicted molar refractivity (Wildman–Crippen MR) is 101 cm³/mol. The molecule has 0 aliphatic heterocycles. The summed E-state index contributed by atoms with van der Waals surface area (Å²) in [6.07, 6.45) is 0. The van der Waals surface area contributed by atoms with Crippen molar-refractivity contribution < 1.29 is 9.53 Å². The van der Waals surface area contributed by atoms with Gasteiger partial charge in [0.2, 0.25) is 0 Å². The van der Waals surface area contributed by atoms with Crippen molar-refractivity contribution in [2.75, 3.05) is 7.11 Å². The minimum absolute atomic E-state index is 0.177. The summed E-state index contributed by atoms with van der Waals surface area (Å²) >= 11 is 7.69. The third-order valence-electron chi connectivity index (χ3n) is 3.74. The number of amides is 1. The second kappa shape index (κ2) is 7.68. The van der Waals surface area contributed by atoms with Gasteiger partial charge < -0.3 is 10.1 Å². The molecule has 0 aliphatic rings. The summed E-state index contributed by atoms with van der Waals surface area (Å²) in [6.45, 7) is 2.43. The highest BCUT2D eigenvalue weighted by atomic mass is 35.5. The monoisotopic (exact) mass is 372 g/mol. The van der Waals surface area contributed by atoms with Crippen LogP contribution in [0.2, 0.25) is 5.02 Å². The number of nitrogens with zero attached hydrogens (tertiary/aromatic N) is 1. The van der Waals surface area contributed by atoms with Crippen molar-refractivity contribution in [1.82, 2.24) is 10.3 Å². The van der Waals surface area contributed by atoms with Crippen molar-refractivity contribution in [3.63, 3.8) is 0 Å². The fourth-order valence-corrected chi connectivity index (χ4v) is 3.26. The number of carbonyl (C=O) groups excluding carboxylic acids is 1. The standard InChI is InChI=1S/C19H17ClN2O2S/c1-12-22-17(11-25-12)14-5-3-13(4-6-14)10-21-19(23)15-7-8-18(24-2)16(20)9-15/h3-9,11H,10H2,1-2H3,(H,21,23). The smallest absolute Gasteiger partial charge is 0.251 e. The first-order valence-corrected chi connectivity index (χ1v) is 8.96. The molecular formula is C19H17ClN2O2S. The van der Waals surface area contributed by atoms with Crippen LogP contribution in [0.15, 0.2) is 47.8 Å². The maximum absolute atomic E-state index is 12.2. The second-order valence-electron chi connectivity index (χ2n) is 5.48. The number of hydrogen-bond donors (Lipinski definition) is 1. The van der Waals surface area contributed by atoms with Crippen LogP contribution in [0.1, 0.15) is 20.9 Å². The van der Waals surface area contributed by atoms with Gasteiger partial charge in [-0.15, -0.1) is 11.3 Å². The number of ether oxygens (including phenoxy) is 1. The molecule has 0 fully saturated rings. The zero-order valence-electron chi connectivity index (χ0n) is 13.9. The maximum atomic E-state index is 12.2. The Morgan fingerprint density at radius 3 is 2.60 bits per heavy atom. The molecule has 0 unspecified atom stereocenters. The summed E-state index contributed by atoms with van der Waals surface area (Å²) in [6, 6.07) is 13.0. The number of aromatic nitrogens is 1. The van der Waals surface area contributed by atoms with Crippen molar-refractivity contribution in [2.24, 2.45) is 0 Å². The van der Waals surface area contributed by atoms with Crippen molar-refractivity contribution in [2.45, 2.75) is 13.5 Å². The number of thiazole rings is 1. The number of halogens is 1. The summed E-state index contributed by atoms with van der Waals surface area (Å²) < 4.78 is 5.09. The zero-order valence-corrected chi connectivity index (χ0v) is 15.4. The molecule has 6 heteroatoms. The lowest BCUT2D eigenvalue weighted by molar-refractivity contribution is 0.0951. The number of hydrogen-bond acceptors (Lipinski definition) is 4. The summed E-state index contributed by atoms with van der Waals surface area (Å²) in [4.78, 5) is 16.7. The number of benzene rings is 2. The molecule has 128 valence electrons. The van der Waals surface area contributed by atoms with Gasteiger partial charge in [-0.25, -0.2) is 4.98 Å². The Morgan fingerprint density at radius 1 is 1.24 bits per heavy atom. The van der Waals surface area contributed by atoms with E-state index in [0.717, 1.165) is 21.8 Å². The van der Waals surface area contributed by atoms with Gasteiger partial charge in [-0.1, -0.05) is 35.9 Å². The number of rotatable bonds is 5. The van der Waals surface area contributed by atoms with E-state index in [4.69, 9.17) is 16.3 Å². The van der Waals surface area contributed by atoms with Gasteiger partial charge in [0.05, 0.1) is 22.8 Å². The van der Waals surface area contributed by atoms with Gasteiger partial charge in [0.1, 0.15) is 5.75 Å². The van der Waals surface area contributed by atoms with E-state index < -0.39 is 0 Å². The summed E-state index contributed by atoms with van der Waals surface area (Å²) in [5.74, 6) is 0.370. The van der Waals surface area contributed by atoms with Crippen LogP contribution in [0.25, 0.3) is 11.3 Å². The summed E-state index contributed by atoms with van der Waals surface area (Å²) in [5.41, 5.74) is 3.57. The first kappa shape index (κ1) is 17.5. The SMILES string of the molecule is COc1ccc(C(=O)NCc2ccc(-c3csc(C)n3)cc2)cc1Cl. The molecule has 3 rings (SSSR count). The van der Waals surface area contributed by atoms with E-state index in [9.17, 15) is 4.79 Å². The van der Waals surface area contributed by atoms with E-state index >= 15 is 0 Å². The van der Waals surface area contributed by atoms with Crippen molar-refractivity contribution >= 4 is 28.8 Å². The average molecular weight is 373 g/mol. The molecule has 0 spiro atoms. The Bertz CT molecular complexity index is 891. The van der Waals surface area contributed by atoms with Gasteiger partial charge in [0, 0.05) is 23.1 Å². The van der Waals surface area contributed by atoms with Gasteiger partial charge >= 0.3 is 0 Å². The van der Waals surface area contributed by atoms with E-state index in [0.29, 0.717) is 22.9 Å². The van der Waals surface area contributed by atoms with E-state index in [2.05, 4.69) is 10.3 Å². The lowest BCUT2D eigenvalue weighted by atomic mass is 10.1. The van der Waals surface area contributed by atoms with E-state index in [1.54, 1.807) is 29.5 Å². The molecule has 1 amide bonds. The van der Waals surface area contributed by atoms with Crippen LogP contribution in [-0.2, 0) is 6.54 Å². The van der Waals surface area contributed by atoms with Gasteiger partial charge in [-0.2, -0.15) is 0 Å². The Hall–Kier alpha value is -2.37. The molecule has 0 saturated carbocycles. The fourth-order valence-electron chi connectivity index (χ4n) is 2.38. The molecular weight excluding hydrogens is 356 g/mol. The number of aryl methyl sites for hydroxylation is 1. The normalized spacial score (nSPS) is 10.5. The zero-order chi connectivity index (χ0) is 17.8. The number of carbonyl (C=O) groups is 1. The highest BCUT2D eigenvalue weighted by Gasteiger charge is 2.09. The molecule has 0 bridgehead atoms. The van der Waals surface area contributed by atoms with Crippen molar-refractivity contribution in [3.05, 3.63) is 69.0 Å². The van der Waals surface area contributed by atoms with Crippen molar-refractivity contribution in [3.8, 4) is 17.0 Å². The average Bonchev–Trinajstić information content (AvgIpc) is 3.06. The van der Waals surface area contributed by atoms with Gasteiger partial charge in [-0.05, 0) is 30.7 Å². The van der Waals surface area contributed by atoms with Crippen LogP contribution < -0.4 is 10.1 Å². The molecule has 2 aromatic carbocycles. The lowest BCUT2D eigenvalue weighted by Gasteiger charge is -2.08. The first-order chi connectivity index (χ1) is 12.1. The Balaban J connectivity index is 1.63. The Labute approximate surface area is 155 Å². The highest BCUT2D eigenvalue weighted by Crippen LogP contribution is 2.25. The highest BCUT2D eigenvalue weighted by molar-refractivity contribution is 7.09. The maximum Gasteiger partial charge on any atom is 0.251 e. The molecule has 1 aromatic heterocycles. The molecule has 1 N–H and O–H groups in total. The molecule has 0 atom stereocenters. The third kappa shape index (κ3) is 4.18. The van der Waals surface area contributed by atoms with E-state index in [1.165, 1.54) is 7.11 Å². The number of methoxy groups -OCH3 is 1. The summed E-state index contributed by atoms with van der Waals surface area (Å²) in [7, 11) is 1.54. The van der Waals surface area contributed by atoms with Crippen LogP contribution in [0.4, 0.5) is 0 Å². The fraction of sp³-hybridized carbons (Fsp3) is 0.158. The molecule has 0 aliphatic carbocycles. The Morgan fingerprint density at radius 2 is 2.00 bits per heavy atom. The van der Waals surface area contributed by atoms with Crippen molar-refractivity contribution in [1.29, 1.82) is 0 Å². The first-order valence-electron chi connectivity index (χ1n) is 7.70. The van der Waals surface area contributed by atoms with Gasteiger partial charge in [0.25, 0.3) is 5.91 Å². The molecule has 3 aromatic rings. The minimum atomic E-state index is -0.177. The van der Waals surface area contributed by atoms with Gasteiger partial charge in [0.15, 0.2) is 0 Å². The predicted octanol–water partition coefficient (Wildman–Crippen LogP) is 4.71. The molecule has 1 heterocycles. The topological polar surface area (TPSA) is 51.2 Å². The largest absolute Gasteiger partial charge is 0.495 e. The van der Waals surface area contributed by atoms with Crippen LogP contribution in [0.3, 0.4) is 0 Å². The van der Waals surface area contributed by atoms with E-state index in [1.807, 2.05) is 36.6 Å². The Kier molecular flexibility index (Phi) is 5.36. The third-order valence-corrected chi connectivity index (χ3v) is 4.80. The molecule has 4 nitrogen and oxygen atoms in total. The minimum Gasteiger partial charge on any atom is -0.495 e. The van der Waals surface area contributed by atoms with Crippen LogP contribution in [0, 0.1) is 6.92 Å². The second-order valence-corrected chi connectivity index (χ2v) is 6.95. The summed E-state index contributed by atoms with van der Waals surface area (Å²) in [5, 5.41) is 6.39. The van der Waals surface area contributed by atoms with Crippen LogP contribution in [-0.4, -0.2) is 18.0 Å². The number of nitrogens with one attached hydrogen (secondary N) is 1. The van der Waals surface area contributed by atoms with E-state index in [-0.39, 0.29) is 5.91 Å². The molecule has 0 radical (unpaired) electrons. The van der Waals surface area contributed by atoms with Crippen LogP contribution in [0.5, 0.6) is 5.75 Å². The quantitative estimate of drug-likeness (QED) is 0.705. The molecule has 0 saturated heterocycles. The lowest BCUT2D eigenvalue weighted by Crippen LogP contribution is -2.22. The van der Waals surface area contributed by atoms with Gasteiger partial charge in [-0.3, -0.25) is 4.79 Å².